The molecule has 0 saturated heterocycles. The highest BCUT2D eigenvalue weighted by Gasteiger charge is 2.50. The summed E-state index contributed by atoms with van der Waals surface area (Å²) in [5, 5.41) is 11.8. The number of ether oxygens (including phenoxy) is 1. The van der Waals surface area contributed by atoms with Crippen molar-refractivity contribution in [1.82, 2.24) is 0 Å². The predicted molar refractivity (Wildman–Crippen MR) is 120 cm³/mol. The van der Waals surface area contributed by atoms with Gasteiger partial charge >= 0.3 is 0 Å². The highest BCUT2D eigenvalue weighted by atomic mass is 35.5. The SMILES string of the molecule is Cc1ccc(OCCN2C(=O)C(O)(CC(=O)c3ccc(Cl)cc3)c3ccccc32)cc1. The van der Waals surface area contributed by atoms with E-state index in [0.29, 0.717) is 27.6 Å². The first kappa shape index (κ1) is 21.1. The van der Waals surface area contributed by atoms with E-state index in [1.807, 2.05) is 31.2 Å². The van der Waals surface area contributed by atoms with Crippen molar-refractivity contribution >= 4 is 29.0 Å². The topological polar surface area (TPSA) is 66.8 Å². The Labute approximate surface area is 185 Å². The first-order valence-corrected chi connectivity index (χ1v) is 10.4. The number of hydrogen-bond acceptors (Lipinski definition) is 4. The molecular weight excluding hydrogens is 414 g/mol. The molecule has 0 aromatic heterocycles. The van der Waals surface area contributed by atoms with Crippen molar-refractivity contribution in [3.8, 4) is 5.75 Å². The van der Waals surface area contributed by atoms with Crippen LogP contribution in [0.2, 0.25) is 5.02 Å². The number of aryl methyl sites for hydroxylation is 1. The molecule has 1 N–H and O–H groups in total. The Morgan fingerprint density at radius 1 is 1.03 bits per heavy atom. The number of ketones is 1. The van der Waals surface area contributed by atoms with E-state index in [2.05, 4.69) is 0 Å². The maximum Gasteiger partial charge on any atom is 0.264 e. The van der Waals surface area contributed by atoms with Crippen molar-refractivity contribution in [3.05, 3.63) is 94.5 Å². The zero-order chi connectivity index (χ0) is 22.0. The van der Waals surface area contributed by atoms with Crippen LogP contribution in [0.15, 0.2) is 72.8 Å². The monoisotopic (exact) mass is 435 g/mol. The van der Waals surface area contributed by atoms with Crippen molar-refractivity contribution in [2.45, 2.75) is 18.9 Å². The Kier molecular flexibility index (Phi) is 5.81. The lowest BCUT2D eigenvalue weighted by molar-refractivity contribution is -0.135. The van der Waals surface area contributed by atoms with Crippen LogP contribution in [0, 0.1) is 6.92 Å². The van der Waals surface area contributed by atoms with E-state index < -0.39 is 11.5 Å². The standard InChI is InChI=1S/C25H22ClNO4/c1-17-6-12-20(13-7-17)31-15-14-27-22-5-3-2-4-21(22)25(30,24(27)29)16-23(28)18-8-10-19(26)11-9-18/h2-13,30H,14-16H2,1H3. The summed E-state index contributed by atoms with van der Waals surface area (Å²) in [6.07, 6.45) is -0.347. The Hall–Kier alpha value is -3.15. The summed E-state index contributed by atoms with van der Waals surface area (Å²) in [4.78, 5) is 27.5. The summed E-state index contributed by atoms with van der Waals surface area (Å²) in [6, 6.07) is 21.0. The Morgan fingerprint density at radius 3 is 2.42 bits per heavy atom. The highest BCUT2D eigenvalue weighted by molar-refractivity contribution is 6.30. The van der Waals surface area contributed by atoms with Gasteiger partial charge in [0.25, 0.3) is 5.91 Å². The summed E-state index contributed by atoms with van der Waals surface area (Å²) in [5.41, 5.74) is 0.622. The zero-order valence-electron chi connectivity index (χ0n) is 17.0. The van der Waals surface area contributed by atoms with E-state index in [1.54, 1.807) is 48.5 Å². The van der Waals surface area contributed by atoms with Gasteiger partial charge in [-0.3, -0.25) is 9.59 Å². The summed E-state index contributed by atoms with van der Waals surface area (Å²) in [6.45, 7) is 2.50. The van der Waals surface area contributed by atoms with Crippen LogP contribution in [-0.2, 0) is 10.4 Å². The number of benzene rings is 3. The fraction of sp³-hybridized carbons (Fsp3) is 0.200. The van der Waals surface area contributed by atoms with Crippen molar-refractivity contribution < 1.29 is 19.4 Å². The fourth-order valence-corrected chi connectivity index (χ4v) is 3.88. The summed E-state index contributed by atoms with van der Waals surface area (Å²) < 4.78 is 5.76. The van der Waals surface area contributed by atoms with Gasteiger partial charge in [-0.2, -0.15) is 0 Å². The van der Waals surface area contributed by atoms with Crippen molar-refractivity contribution in [1.29, 1.82) is 0 Å². The van der Waals surface area contributed by atoms with Crippen molar-refractivity contribution in [3.63, 3.8) is 0 Å². The highest BCUT2D eigenvalue weighted by Crippen LogP contribution is 2.42. The Morgan fingerprint density at radius 2 is 1.71 bits per heavy atom. The van der Waals surface area contributed by atoms with E-state index >= 15 is 0 Å². The van der Waals surface area contributed by atoms with Gasteiger partial charge in [-0.1, -0.05) is 47.5 Å². The molecule has 31 heavy (non-hydrogen) atoms. The first-order valence-electron chi connectivity index (χ1n) is 10.0. The molecule has 5 nitrogen and oxygen atoms in total. The average Bonchev–Trinajstić information content (AvgIpc) is 2.97. The summed E-state index contributed by atoms with van der Waals surface area (Å²) in [5.74, 6) is -0.151. The molecule has 1 aliphatic heterocycles. The zero-order valence-corrected chi connectivity index (χ0v) is 17.8. The molecule has 1 amide bonds. The number of hydrogen-bond donors (Lipinski definition) is 1. The molecule has 0 radical (unpaired) electrons. The van der Waals surface area contributed by atoms with E-state index in [4.69, 9.17) is 16.3 Å². The van der Waals surface area contributed by atoms with Crippen LogP contribution in [0.25, 0.3) is 0 Å². The normalized spacial score (nSPS) is 17.5. The van der Waals surface area contributed by atoms with Crippen LogP contribution >= 0.6 is 11.6 Å². The molecular formula is C25H22ClNO4. The second kappa shape index (κ2) is 8.53. The van der Waals surface area contributed by atoms with Crippen LogP contribution in [0.5, 0.6) is 5.75 Å². The number of amides is 1. The molecule has 1 unspecified atom stereocenters. The number of carbonyl (C=O) groups excluding carboxylic acids is 2. The number of Topliss-reactive ketones (excluding diaryl/α,β-unsaturated/α-hetero) is 1. The third kappa shape index (κ3) is 4.20. The minimum Gasteiger partial charge on any atom is -0.492 e. The Bertz CT molecular complexity index is 1110. The van der Waals surface area contributed by atoms with Gasteiger partial charge in [-0.15, -0.1) is 0 Å². The molecule has 0 aliphatic carbocycles. The molecule has 158 valence electrons. The third-order valence-electron chi connectivity index (χ3n) is 5.43. The number of fused-ring (bicyclic) bond motifs is 1. The van der Waals surface area contributed by atoms with Gasteiger partial charge in [0.2, 0.25) is 0 Å². The van der Waals surface area contributed by atoms with Gasteiger partial charge < -0.3 is 14.7 Å². The second-order valence-corrected chi connectivity index (χ2v) is 8.04. The average molecular weight is 436 g/mol. The molecule has 1 atom stereocenters. The van der Waals surface area contributed by atoms with Gasteiger partial charge in [0.15, 0.2) is 11.4 Å². The lowest BCUT2D eigenvalue weighted by atomic mass is 9.88. The molecule has 4 rings (SSSR count). The quantitative estimate of drug-likeness (QED) is 0.553. The maximum atomic E-state index is 13.2. The minimum atomic E-state index is -1.92. The summed E-state index contributed by atoms with van der Waals surface area (Å²) >= 11 is 5.89. The van der Waals surface area contributed by atoms with Gasteiger partial charge in [-0.05, 0) is 49.4 Å². The molecule has 3 aromatic carbocycles. The lowest BCUT2D eigenvalue weighted by Crippen LogP contribution is -2.43. The number of nitrogens with zero attached hydrogens (tertiary/aromatic N) is 1. The van der Waals surface area contributed by atoms with Crippen molar-refractivity contribution in [2.75, 3.05) is 18.1 Å². The smallest absolute Gasteiger partial charge is 0.264 e. The molecule has 6 heteroatoms. The van der Waals surface area contributed by atoms with Crippen LogP contribution in [0.3, 0.4) is 0 Å². The number of anilines is 1. The lowest BCUT2D eigenvalue weighted by Gasteiger charge is -2.23. The molecule has 0 spiro atoms. The number of halogens is 1. The van der Waals surface area contributed by atoms with Gasteiger partial charge in [0, 0.05) is 16.1 Å². The molecule has 0 bridgehead atoms. The Balaban J connectivity index is 1.52. The number of rotatable bonds is 7. The molecule has 0 fully saturated rings. The van der Waals surface area contributed by atoms with E-state index in [1.165, 1.54) is 4.90 Å². The van der Waals surface area contributed by atoms with E-state index in [9.17, 15) is 14.7 Å². The van der Waals surface area contributed by atoms with Gasteiger partial charge in [0.1, 0.15) is 12.4 Å². The molecule has 3 aromatic rings. The first-order chi connectivity index (χ1) is 14.9. The van der Waals surface area contributed by atoms with Crippen LogP contribution in [0.1, 0.15) is 27.9 Å². The number of para-hydroxylation sites is 1. The maximum absolute atomic E-state index is 13.2. The summed E-state index contributed by atoms with van der Waals surface area (Å²) in [7, 11) is 0. The number of aliphatic hydroxyl groups is 1. The van der Waals surface area contributed by atoms with Crippen LogP contribution in [0.4, 0.5) is 5.69 Å². The van der Waals surface area contributed by atoms with E-state index in [-0.39, 0.29) is 25.4 Å². The minimum absolute atomic E-state index is 0.251. The van der Waals surface area contributed by atoms with Crippen LogP contribution < -0.4 is 9.64 Å². The van der Waals surface area contributed by atoms with E-state index in [0.717, 1.165) is 5.56 Å². The van der Waals surface area contributed by atoms with Gasteiger partial charge in [-0.25, -0.2) is 0 Å². The molecule has 1 heterocycles. The van der Waals surface area contributed by atoms with Gasteiger partial charge in [0.05, 0.1) is 18.7 Å². The number of carbonyl (C=O) groups is 2. The second-order valence-electron chi connectivity index (χ2n) is 7.60. The molecule has 1 aliphatic rings. The van der Waals surface area contributed by atoms with Crippen LogP contribution in [-0.4, -0.2) is 29.9 Å². The van der Waals surface area contributed by atoms with Crippen molar-refractivity contribution in [2.24, 2.45) is 0 Å². The predicted octanol–water partition coefficient (Wildman–Crippen LogP) is 4.53. The molecule has 0 saturated carbocycles. The third-order valence-corrected chi connectivity index (χ3v) is 5.68. The fourth-order valence-electron chi connectivity index (χ4n) is 3.76. The largest absolute Gasteiger partial charge is 0.492 e.